The fourth-order valence-electron chi connectivity index (χ4n) is 4.28. The van der Waals surface area contributed by atoms with Gasteiger partial charge >= 0.3 is 7.82 Å². The lowest BCUT2D eigenvalue weighted by atomic mass is 9.88. The Kier molecular flexibility index (Phi) is 3.83. The Bertz CT molecular complexity index is 1280. The van der Waals surface area contributed by atoms with Gasteiger partial charge in [-0.2, -0.15) is 0 Å². The van der Waals surface area contributed by atoms with E-state index < -0.39 is 7.82 Å². The highest BCUT2D eigenvalue weighted by atomic mass is 31.2. The van der Waals surface area contributed by atoms with Gasteiger partial charge in [0.15, 0.2) is 0 Å². The van der Waals surface area contributed by atoms with E-state index in [-0.39, 0.29) is 0 Å². The first-order chi connectivity index (χ1) is 13.7. The van der Waals surface area contributed by atoms with Crippen molar-refractivity contribution in [2.24, 2.45) is 0 Å². The molecule has 146 valence electrons. The summed E-state index contributed by atoms with van der Waals surface area (Å²) in [5, 5.41) is 4.06. The number of benzene rings is 4. The van der Waals surface area contributed by atoms with Crippen LogP contribution in [-0.4, -0.2) is 4.89 Å². The van der Waals surface area contributed by atoms with Crippen LogP contribution in [0.2, 0.25) is 0 Å². The van der Waals surface area contributed by atoms with Gasteiger partial charge in [-0.25, -0.2) is 4.57 Å². The fourth-order valence-corrected chi connectivity index (χ4v) is 5.25. The SMILES string of the molecule is Cc1ccc2c3c(c(C)cc2c1)OP(=O)(O)Oc1c(C)cc2cc(C)ccc2c1-3. The summed E-state index contributed by atoms with van der Waals surface area (Å²) in [5.74, 6) is 0.803. The average molecular weight is 404 g/mol. The molecule has 0 unspecified atom stereocenters. The van der Waals surface area contributed by atoms with Crippen LogP contribution < -0.4 is 9.05 Å². The summed E-state index contributed by atoms with van der Waals surface area (Å²) in [6, 6.07) is 16.4. The number of phosphoric ester groups is 1. The standard InChI is InChI=1S/C24H21O4P/c1-13-5-7-19-17(9-13)11-15(3)23-21(19)22-20-8-6-14(2)10-18(20)12-16(4)24(22)28-29(25,26)27-23/h5-12H,1-4H3,(H,25,26). The third-order valence-corrected chi connectivity index (χ3v) is 6.36. The van der Waals surface area contributed by atoms with E-state index in [4.69, 9.17) is 9.05 Å². The smallest absolute Gasteiger partial charge is 0.394 e. The predicted molar refractivity (Wildman–Crippen MR) is 117 cm³/mol. The molecule has 0 aliphatic carbocycles. The van der Waals surface area contributed by atoms with Crippen molar-refractivity contribution in [3.63, 3.8) is 0 Å². The first-order valence-corrected chi connectivity index (χ1v) is 11.0. The number of fused-ring (bicyclic) bond motifs is 7. The van der Waals surface area contributed by atoms with Crippen molar-refractivity contribution in [2.45, 2.75) is 27.7 Å². The first-order valence-electron chi connectivity index (χ1n) is 9.54. The molecule has 4 aromatic rings. The summed E-state index contributed by atoms with van der Waals surface area (Å²) in [7, 11) is -4.32. The first kappa shape index (κ1) is 18.2. The van der Waals surface area contributed by atoms with Crippen molar-refractivity contribution in [1.82, 2.24) is 0 Å². The third-order valence-electron chi connectivity index (χ3n) is 5.53. The molecule has 1 aliphatic heterocycles. The van der Waals surface area contributed by atoms with Crippen LogP contribution >= 0.6 is 7.82 Å². The third kappa shape index (κ3) is 2.83. The maximum absolute atomic E-state index is 12.8. The lowest BCUT2D eigenvalue weighted by molar-refractivity contribution is 0.293. The second-order valence-corrected chi connectivity index (χ2v) is 9.20. The van der Waals surface area contributed by atoms with E-state index in [2.05, 4.69) is 26.0 Å². The normalized spacial score (nSPS) is 14.7. The van der Waals surface area contributed by atoms with Crippen LogP contribution in [0.15, 0.2) is 48.5 Å². The van der Waals surface area contributed by atoms with Crippen molar-refractivity contribution < 1.29 is 18.5 Å². The quantitative estimate of drug-likeness (QED) is 0.329. The summed E-state index contributed by atoms with van der Waals surface area (Å²) in [6.45, 7) is 7.90. The molecular formula is C24H21O4P. The van der Waals surface area contributed by atoms with Crippen LogP contribution in [-0.2, 0) is 4.57 Å². The van der Waals surface area contributed by atoms with E-state index >= 15 is 0 Å². The minimum atomic E-state index is -4.32. The molecular weight excluding hydrogens is 383 g/mol. The van der Waals surface area contributed by atoms with E-state index in [9.17, 15) is 9.46 Å². The van der Waals surface area contributed by atoms with Gasteiger partial charge in [-0.1, -0.05) is 47.5 Å². The number of rotatable bonds is 0. The largest absolute Gasteiger partial charge is 0.584 e. The van der Waals surface area contributed by atoms with Crippen LogP contribution in [0.4, 0.5) is 0 Å². The number of phosphoric acid groups is 1. The maximum atomic E-state index is 12.8. The van der Waals surface area contributed by atoms with Gasteiger partial charge in [0.1, 0.15) is 11.5 Å². The van der Waals surface area contributed by atoms with Crippen LogP contribution in [0.25, 0.3) is 32.7 Å². The van der Waals surface area contributed by atoms with Gasteiger partial charge in [-0.15, -0.1) is 0 Å². The number of aryl methyl sites for hydroxylation is 4. The Morgan fingerprint density at radius 3 is 1.52 bits per heavy atom. The highest BCUT2D eigenvalue weighted by Gasteiger charge is 2.35. The summed E-state index contributed by atoms with van der Waals surface area (Å²) >= 11 is 0. The Labute approximate surface area is 169 Å². The van der Waals surface area contributed by atoms with E-state index in [1.807, 2.05) is 50.2 Å². The van der Waals surface area contributed by atoms with Crippen LogP contribution in [0.1, 0.15) is 22.3 Å². The molecule has 0 spiro atoms. The van der Waals surface area contributed by atoms with Crippen molar-refractivity contribution >= 4 is 29.4 Å². The summed E-state index contributed by atoms with van der Waals surface area (Å²) in [6.07, 6.45) is 0. The highest BCUT2D eigenvalue weighted by molar-refractivity contribution is 7.48. The van der Waals surface area contributed by atoms with Gasteiger partial charge in [-0.05, 0) is 72.5 Å². The summed E-state index contributed by atoms with van der Waals surface area (Å²) < 4.78 is 24.0. The van der Waals surface area contributed by atoms with E-state index in [1.165, 1.54) is 0 Å². The topological polar surface area (TPSA) is 55.8 Å². The van der Waals surface area contributed by atoms with Crippen molar-refractivity contribution in [1.29, 1.82) is 0 Å². The van der Waals surface area contributed by atoms with E-state index in [1.54, 1.807) is 0 Å². The van der Waals surface area contributed by atoms with Crippen molar-refractivity contribution in [3.05, 3.63) is 70.8 Å². The Morgan fingerprint density at radius 1 is 0.690 bits per heavy atom. The van der Waals surface area contributed by atoms with Crippen LogP contribution in [0.5, 0.6) is 11.5 Å². The number of hydrogen-bond donors (Lipinski definition) is 1. The average Bonchev–Trinajstić information content (AvgIpc) is 2.76. The molecule has 0 atom stereocenters. The molecule has 1 heterocycles. The maximum Gasteiger partial charge on any atom is 0.584 e. The van der Waals surface area contributed by atoms with E-state index in [0.717, 1.165) is 54.9 Å². The van der Waals surface area contributed by atoms with Gasteiger partial charge in [0.05, 0.1) is 0 Å². The molecule has 0 saturated carbocycles. The zero-order chi connectivity index (χ0) is 20.5. The van der Waals surface area contributed by atoms with Crippen LogP contribution in [0.3, 0.4) is 0 Å². The van der Waals surface area contributed by atoms with Crippen LogP contribution in [0, 0.1) is 27.7 Å². The lowest BCUT2D eigenvalue weighted by Crippen LogP contribution is -1.99. The van der Waals surface area contributed by atoms with Gasteiger partial charge in [0.25, 0.3) is 0 Å². The fraction of sp³-hybridized carbons (Fsp3) is 0.167. The minimum Gasteiger partial charge on any atom is -0.394 e. The molecule has 0 saturated heterocycles. The molecule has 0 radical (unpaired) electrons. The highest BCUT2D eigenvalue weighted by Crippen LogP contribution is 2.58. The van der Waals surface area contributed by atoms with Gasteiger partial charge in [0.2, 0.25) is 0 Å². The second-order valence-electron chi connectivity index (χ2n) is 7.90. The molecule has 1 aliphatic rings. The number of hydrogen-bond acceptors (Lipinski definition) is 3. The molecule has 1 N–H and O–H groups in total. The van der Waals surface area contributed by atoms with Crippen molar-refractivity contribution in [2.75, 3.05) is 0 Å². The Balaban J connectivity index is 2.06. The molecule has 5 heteroatoms. The molecule has 5 rings (SSSR count). The Morgan fingerprint density at radius 2 is 1.10 bits per heavy atom. The molecule has 29 heavy (non-hydrogen) atoms. The van der Waals surface area contributed by atoms with Gasteiger partial charge in [-0.3, -0.25) is 4.89 Å². The molecule has 0 fully saturated rings. The van der Waals surface area contributed by atoms with Gasteiger partial charge < -0.3 is 9.05 Å². The summed E-state index contributed by atoms with van der Waals surface area (Å²) in [5.41, 5.74) is 5.51. The van der Waals surface area contributed by atoms with E-state index in [0.29, 0.717) is 11.5 Å². The minimum absolute atomic E-state index is 0.401. The lowest BCUT2D eigenvalue weighted by Gasteiger charge is -2.17. The molecule has 0 bridgehead atoms. The molecule has 0 aromatic heterocycles. The monoisotopic (exact) mass is 404 g/mol. The molecule has 4 nitrogen and oxygen atoms in total. The summed E-state index contributed by atoms with van der Waals surface area (Å²) in [4.78, 5) is 10.4. The van der Waals surface area contributed by atoms with Gasteiger partial charge in [0, 0.05) is 11.1 Å². The molecule has 0 amide bonds. The molecule has 4 aromatic carbocycles. The zero-order valence-electron chi connectivity index (χ0n) is 16.7. The predicted octanol–water partition coefficient (Wildman–Crippen LogP) is 6.77. The van der Waals surface area contributed by atoms with Crippen molar-refractivity contribution in [3.8, 4) is 22.6 Å². The zero-order valence-corrected chi connectivity index (χ0v) is 17.6. The second kappa shape index (κ2) is 6.09. The Hall–Kier alpha value is -2.81.